The minimum Gasteiger partial charge on any atom is -0.496 e. The van der Waals surface area contributed by atoms with Gasteiger partial charge in [0.15, 0.2) is 5.65 Å². The fraction of sp³-hybridized carbons (Fsp3) is 0.0588. The molecule has 0 spiro atoms. The van der Waals surface area contributed by atoms with E-state index in [0.717, 1.165) is 33.4 Å². The van der Waals surface area contributed by atoms with E-state index in [4.69, 9.17) is 4.74 Å². The molecule has 0 N–H and O–H groups in total. The molecule has 0 saturated heterocycles. The highest BCUT2D eigenvalue weighted by Crippen LogP contribution is 2.33. The van der Waals surface area contributed by atoms with Gasteiger partial charge in [-0.05, 0) is 23.6 Å². The maximum absolute atomic E-state index is 5.44. The van der Waals surface area contributed by atoms with E-state index in [-0.39, 0.29) is 0 Å². The lowest BCUT2D eigenvalue weighted by Gasteiger charge is -2.08. The lowest BCUT2D eigenvalue weighted by atomic mass is 10.0. The molecule has 0 bridgehead atoms. The summed E-state index contributed by atoms with van der Waals surface area (Å²) in [4.78, 5) is 4.32. The fourth-order valence-electron chi connectivity index (χ4n) is 2.63. The number of hydrogen-bond donors (Lipinski definition) is 0. The topological polar surface area (TPSA) is 39.4 Å². The molecule has 4 heteroatoms. The largest absolute Gasteiger partial charge is 0.496 e. The monoisotopic (exact) mass is 275 g/mol. The number of rotatable bonds is 2. The van der Waals surface area contributed by atoms with Crippen LogP contribution in [0.2, 0.25) is 0 Å². The zero-order valence-corrected chi connectivity index (χ0v) is 11.5. The molecule has 0 atom stereocenters. The number of nitrogens with zero attached hydrogens (tertiary/aromatic N) is 3. The highest BCUT2D eigenvalue weighted by molar-refractivity contribution is 5.99. The van der Waals surface area contributed by atoms with Crippen molar-refractivity contribution in [2.75, 3.05) is 7.11 Å². The first kappa shape index (κ1) is 11.9. The van der Waals surface area contributed by atoms with Crippen LogP contribution < -0.4 is 4.74 Å². The molecule has 21 heavy (non-hydrogen) atoms. The van der Waals surface area contributed by atoms with E-state index in [1.165, 1.54) is 0 Å². The summed E-state index contributed by atoms with van der Waals surface area (Å²) in [6.45, 7) is 0. The van der Waals surface area contributed by atoms with Gasteiger partial charge in [0.2, 0.25) is 0 Å². The lowest BCUT2D eigenvalue weighted by molar-refractivity contribution is 0.420. The number of benzene rings is 2. The van der Waals surface area contributed by atoms with Crippen LogP contribution in [0.1, 0.15) is 0 Å². The van der Waals surface area contributed by atoms with Crippen molar-refractivity contribution in [2.24, 2.45) is 0 Å². The van der Waals surface area contributed by atoms with Crippen molar-refractivity contribution in [1.82, 2.24) is 14.6 Å². The molecule has 2 heterocycles. The molecular formula is C17H13N3O. The van der Waals surface area contributed by atoms with Crippen molar-refractivity contribution in [1.29, 1.82) is 0 Å². The molecule has 0 amide bonds. The third-order valence-corrected chi connectivity index (χ3v) is 3.62. The first-order chi connectivity index (χ1) is 10.4. The highest BCUT2D eigenvalue weighted by atomic mass is 16.5. The minimum absolute atomic E-state index is 0.840. The van der Waals surface area contributed by atoms with E-state index in [0.29, 0.717) is 0 Å². The van der Waals surface area contributed by atoms with E-state index in [1.54, 1.807) is 17.8 Å². The molecule has 0 aliphatic heterocycles. The average Bonchev–Trinajstić information content (AvgIpc) is 2.97. The van der Waals surface area contributed by atoms with Crippen LogP contribution in [0.3, 0.4) is 0 Å². The van der Waals surface area contributed by atoms with Crippen LogP contribution >= 0.6 is 0 Å². The van der Waals surface area contributed by atoms with Gasteiger partial charge < -0.3 is 4.74 Å². The van der Waals surface area contributed by atoms with Gasteiger partial charge in [0.25, 0.3) is 0 Å². The van der Waals surface area contributed by atoms with E-state index >= 15 is 0 Å². The van der Waals surface area contributed by atoms with Gasteiger partial charge in [0, 0.05) is 29.4 Å². The Morgan fingerprint density at radius 1 is 1.00 bits per heavy atom. The summed E-state index contributed by atoms with van der Waals surface area (Å²) in [6, 6.07) is 16.1. The smallest absolute Gasteiger partial charge is 0.155 e. The van der Waals surface area contributed by atoms with E-state index < -0.39 is 0 Å². The molecule has 0 unspecified atom stereocenters. The van der Waals surface area contributed by atoms with Crippen LogP contribution in [0.15, 0.2) is 60.9 Å². The predicted octanol–water partition coefficient (Wildman–Crippen LogP) is 3.56. The van der Waals surface area contributed by atoms with Crippen molar-refractivity contribution in [3.05, 3.63) is 60.9 Å². The standard InChI is InChI=1S/C17H13N3O/c1-21-16-8-7-13(12-5-2-3-6-14(12)16)15-11-17-18-9-4-10-20(17)19-15/h2-11H,1H3. The van der Waals surface area contributed by atoms with Crippen molar-refractivity contribution in [3.63, 3.8) is 0 Å². The Bertz CT molecular complexity index is 910. The molecule has 0 fully saturated rings. The second kappa shape index (κ2) is 4.59. The Labute approximate surface area is 121 Å². The fourth-order valence-corrected chi connectivity index (χ4v) is 2.63. The molecule has 102 valence electrons. The minimum atomic E-state index is 0.840. The summed E-state index contributed by atoms with van der Waals surface area (Å²) < 4.78 is 7.23. The highest BCUT2D eigenvalue weighted by Gasteiger charge is 2.11. The summed E-state index contributed by atoms with van der Waals surface area (Å²) >= 11 is 0. The normalized spacial score (nSPS) is 11.1. The molecule has 0 radical (unpaired) electrons. The molecule has 0 saturated carbocycles. The van der Waals surface area contributed by atoms with E-state index in [2.05, 4.69) is 22.2 Å². The predicted molar refractivity (Wildman–Crippen MR) is 82.5 cm³/mol. The Morgan fingerprint density at radius 2 is 1.86 bits per heavy atom. The van der Waals surface area contributed by atoms with Gasteiger partial charge in [-0.2, -0.15) is 5.10 Å². The number of fused-ring (bicyclic) bond motifs is 2. The molecule has 4 aromatic rings. The van der Waals surface area contributed by atoms with Crippen LogP contribution in [0, 0.1) is 0 Å². The van der Waals surface area contributed by atoms with Gasteiger partial charge in [-0.1, -0.05) is 24.3 Å². The summed E-state index contributed by atoms with van der Waals surface area (Å²) in [5, 5.41) is 6.81. The number of methoxy groups -OCH3 is 1. The van der Waals surface area contributed by atoms with Crippen LogP contribution in [-0.2, 0) is 0 Å². The van der Waals surface area contributed by atoms with Gasteiger partial charge >= 0.3 is 0 Å². The Balaban J connectivity index is 2.02. The van der Waals surface area contributed by atoms with Crippen molar-refractivity contribution < 1.29 is 4.74 Å². The van der Waals surface area contributed by atoms with Gasteiger partial charge in [-0.3, -0.25) is 0 Å². The molecule has 0 aliphatic carbocycles. The zero-order chi connectivity index (χ0) is 14.2. The number of ether oxygens (including phenoxy) is 1. The van der Waals surface area contributed by atoms with E-state index in [1.807, 2.05) is 42.6 Å². The first-order valence-corrected chi connectivity index (χ1v) is 6.73. The third kappa shape index (κ3) is 1.84. The summed E-state index contributed by atoms with van der Waals surface area (Å²) in [5.41, 5.74) is 2.83. The SMILES string of the molecule is COc1ccc(-c2cc3ncccn3n2)c2ccccc12. The van der Waals surface area contributed by atoms with Crippen LogP contribution in [-0.4, -0.2) is 21.7 Å². The number of aromatic nitrogens is 3. The second-order valence-electron chi connectivity index (χ2n) is 4.81. The first-order valence-electron chi connectivity index (χ1n) is 6.73. The Hall–Kier alpha value is -2.88. The van der Waals surface area contributed by atoms with Crippen molar-refractivity contribution in [2.45, 2.75) is 0 Å². The third-order valence-electron chi connectivity index (χ3n) is 3.62. The quantitative estimate of drug-likeness (QED) is 0.561. The molecule has 2 aromatic carbocycles. The zero-order valence-electron chi connectivity index (χ0n) is 11.5. The molecule has 0 aliphatic rings. The van der Waals surface area contributed by atoms with Gasteiger partial charge in [0.05, 0.1) is 12.8 Å². The maximum atomic E-state index is 5.44. The summed E-state index contributed by atoms with van der Waals surface area (Å²) in [7, 11) is 1.69. The van der Waals surface area contributed by atoms with Crippen molar-refractivity contribution in [3.8, 4) is 17.0 Å². The molecule has 4 nitrogen and oxygen atoms in total. The Kier molecular flexibility index (Phi) is 2.60. The Morgan fingerprint density at radius 3 is 2.67 bits per heavy atom. The average molecular weight is 275 g/mol. The summed E-state index contributed by atoms with van der Waals surface area (Å²) in [5.74, 6) is 0.872. The second-order valence-corrected chi connectivity index (χ2v) is 4.81. The lowest BCUT2D eigenvalue weighted by Crippen LogP contribution is -1.89. The van der Waals surface area contributed by atoms with Crippen molar-refractivity contribution >= 4 is 16.4 Å². The van der Waals surface area contributed by atoms with Crippen LogP contribution in [0.4, 0.5) is 0 Å². The molecule has 2 aromatic heterocycles. The summed E-state index contributed by atoms with van der Waals surface area (Å²) in [6.07, 6.45) is 3.67. The molecule has 4 rings (SSSR count). The van der Waals surface area contributed by atoms with Crippen LogP contribution in [0.25, 0.3) is 27.7 Å². The number of hydrogen-bond acceptors (Lipinski definition) is 3. The van der Waals surface area contributed by atoms with Gasteiger partial charge in [-0.15, -0.1) is 0 Å². The van der Waals surface area contributed by atoms with Crippen LogP contribution in [0.5, 0.6) is 5.75 Å². The molecular weight excluding hydrogens is 262 g/mol. The van der Waals surface area contributed by atoms with E-state index in [9.17, 15) is 0 Å². The van der Waals surface area contributed by atoms with Gasteiger partial charge in [0.1, 0.15) is 5.75 Å². The van der Waals surface area contributed by atoms with Gasteiger partial charge in [-0.25, -0.2) is 9.50 Å². The maximum Gasteiger partial charge on any atom is 0.155 e.